The summed E-state index contributed by atoms with van der Waals surface area (Å²) in [5, 5.41) is 3.11. The molecule has 126 valence electrons. The molecule has 0 unspecified atom stereocenters. The van der Waals surface area contributed by atoms with E-state index in [0.717, 1.165) is 6.42 Å². The first-order chi connectivity index (χ1) is 11.7. The summed E-state index contributed by atoms with van der Waals surface area (Å²) in [6.07, 6.45) is 0.962. The fourth-order valence-electron chi connectivity index (χ4n) is 2.32. The van der Waals surface area contributed by atoms with E-state index < -0.39 is 0 Å². The SMILES string of the molecule is CCc1ccc(OCC(=O)Nc2cc3c(cc2Cl)OCCO3)cc1. The fourth-order valence-corrected chi connectivity index (χ4v) is 2.52. The second-order valence-corrected chi connectivity index (χ2v) is 5.72. The summed E-state index contributed by atoms with van der Waals surface area (Å²) in [5.41, 5.74) is 1.69. The van der Waals surface area contributed by atoms with Crippen molar-refractivity contribution >= 4 is 23.2 Å². The predicted octanol–water partition coefficient (Wildman–Crippen LogP) is 3.69. The topological polar surface area (TPSA) is 56.8 Å². The summed E-state index contributed by atoms with van der Waals surface area (Å²) in [6, 6.07) is 10.9. The number of aryl methyl sites for hydroxylation is 1. The molecule has 0 radical (unpaired) electrons. The highest BCUT2D eigenvalue weighted by Gasteiger charge is 2.16. The summed E-state index contributed by atoms with van der Waals surface area (Å²) in [5.74, 6) is 1.50. The molecule has 0 saturated carbocycles. The Bertz CT molecular complexity index is 731. The molecule has 0 saturated heterocycles. The number of anilines is 1. The van der Waals surface area contributed by atoms with Gasteiger partial charge in [-0.25, -0.2) is 0 Å². The summed E-state index contributed by atoms with van der Waals surface area (Å²) >= 11 is 6.16. The predicted molar refractivity (Wildman–Crippen MR) is 92.4 cm³/mol. The zero-order valence-electron chi connectivity index (χ0n) is 13.3. The second kappa shape index (κ2) is 7.45. The minimum absolute atomic E-state index is 0.101. The molecule has 0 bridgehead atoms. The molecule has 0 spiro atoms. The van der Waals surface area contributed by atoms with Crippen LogP contribution in [-0.4, -0.2) is 25.7 Å². The molecule has 5 nitrogen and oxygen atoms in total. The van der Waals surface area contributed by atoms with E-state index in [4.69, 9.17) is 25.8 Å². The van der Waals surface area contributed by atoms with Gasteiger partial charge in [-0.1, -0.05) is 30.7 Å². The van der Waals surface area contributed by atoms with Gasteiger partial charge < -0.3 is 19.5 Å². The Morgan fingerprint density at radius 1 is 1.17 bits per heavy atom. The largest absolute Gasteiger partial charge is 0.486 e. The van der Waals surface area contributed by atoms with Gasteiger partial charge in [-0.15, -0.1) is 0 Å². The van der Waals surface area contributed by atoms with Gasteiger partial charge in [0.25, 0.3) is 5.91 Å². The molecule has 0 aromatic heterocycles. The Kier molecular flexibility index (Phi) is 5.11. The van der Waals surface area contributed by atoms with Gasteiger partial charge in [-0.3, -0.25) is 4.79 Å². The van der Waals surface area contributed by atoms with E-state index >= 15 is 0 Å². The van der Waals surface area contributed by atoms with Gasteiger partial charge >= 0.3 is 0 Å². The van der Waals surface area contributed by atoms with Crippen molar-refractivity contribution in [2.24, 2.45) is 0 Å². The number of hydrogen-bond donors (Lipinski definition) is 1. The highest BCUT2D eigenvalue weighted by molar-refractivity contribution is 6.34. The van der Waals surface area contributed by atoms with Gasteiger partial charge in [-0.2, -0.15) is 0 Å². The number of rotatable bonds is 5. The highest BCUT2D eigenvalue weighted by Crippen LogP contribution is 2.37. The third kappa shape index (κ3) is 3.92. The van der Waals surface area contributed by atoms with E-state index in [0.29, 0.717) is 41.2 Å². The summed E-state index contributed by atoms with van der Waals surface area (Å²) in [6.45, 7) is 2.94. The summed E-state index contributed by atoms with van der Waals surface area (Å²) in [4.78, 5) is 12.1. The van der Waals surface area contributed by atoms with Gasteiger partial charge in [0.15, 0.2) is 18.1 Å². The number of halogens is 1. The highest BCUT2D eigenvalue weighted by atomic mass is 35.5. The van der Waals surface area contributed by atoms with Gasteiger partial charge in [0, 0.05) is 12.1 Å². The third-order valence-corrected chi connectivity index (χ3v) is 3.92. The van der Waals surface area contributed by atoms with E-state index in [2.05, 4.69) is 12.2 Å². The molecule has 24 heavy (non-hydrogen) atoms. The number of benzene rings is 2. The Morgan fingerprint density at radius 3 is 2.50 bits per heavy atom. The minimum Gasteiger partial charge on any atom is -0.486 e. The molecule has 0 fully saturated rings. The van der Waals surface area contributed by atoms with Crippen LogP contribution in [0.3, 0.4) is 0 Å². The molecule has 1 aliphatic heterocycles. The van der Waals surface area contributed by atoms with Gasteiger partial charge in [0.2, 0.25) is 0 Å². The van der Waals surface area contributed by atoms with Crippen molar-refractivity contribution in [2.75, 3.05) is 25.1 Å². The van der Waals surface area contributed by atoms with Gasteiger partial charge in [-0.05, 0) is 24.1 Å². The molecular formula is C18H18ClNO4. The normalized spacial score (nSPS) is 12.6. The van der Waals surface area contributed by atoms with Crippen LogP contribution in [0, 0.1) is 0 Å². The lowest BCUT2D eigenvalue weighted by Gasteiger charge is -2.20. The van der Waals surface area contributed by atoms with Crippen LogP contribution >= 0.6 is 11.6 Å². The number of carbonyl (C=O) groups is 1. The van der Waals surface area contributed by atoms with Crippen LogP contribution in [0.5, 0.6) is 17.2 Å². The molecule has 1 aliphatic rings. The van der Waals surface area contributed by atoms with Crippen LogP contribution in [0.2, 0.25) is 5.02 Å². The molecule has 3 rings (SSSR count). The first-order valence-electron chi connectivity index (χ1n) is 7.76. The lowest BCUT2D eigenvalue weighted by molar-refractivity contribution is -0.118. The maximum Gasteiger partial charge on any atom is 0.262 e. The van der Waals surface area contributed by atoms with Crippen molar-refractivity contribution in [3.63, 3.8) is 0 Å². The van der Waals surface area contributed by atoms with Crippen molar-refractivity contribution in [1.82, 2.24) is 0 Å². The Morgan fingerprint density at radius 2 is 1.83 bits per heavy atom. The quantitative estimate of drug-likeness (QED) is 0.896. The van der Waals surface area contributed by atoms with E-state index in [1.54, 1.807) is 12.1 Å². The van der Waals surface area contributed by atoms with Crippen LogP contribution in [0.1, 0.15) is 12.5 Å². The Balaban J connectivity index is 1.60. The number of amides is 1. The van der Waals surface area contributed by atoms with Crippen LogP contribution in [-0.2, 0) is 11.2 Å². The average Bonchev–Trinajstić information content (AvgIpc) is 2.61. The molecule has 2 aromatic carbocycles. The first kappa shape index (κ1) is 16.5. The molecule has 2 aromatic rings. The molecule has 6 heteroatoms. The number of carbonyl (C=O) groups excluding carboxylic acids is 1. The van der Waals surface area contributed by atoms with Crippen molar-refractivity contribution in [3.8, 4) is 17.2 Å². The van der Waals surface area contributed by atoms with Crippen molar-refractivity contribution in [1.29, 1.82) is 0 Å². The Labute approximate surface area is 145 Å². The molecule has 0 atom stereocenters. The first-order valence-corrected chi connectivity index (χ1v) is 8.14. The fraction of sp³-hybridized carbons (Fsp3) is 0.278. The van der Waals surface area contributed by atoms with Crippen molar-refractivity contribution < 1.29 is 19.0 Å². The average molecular weight is 348 g/mol. The lowest BCUT2D eigenvalue weighted by Crippen LogP contribution is -2.21. The van der Waals surface area contributed by atoms with Crippen molar-refractivity contribution in [3.05, 3.63) is 47.0 Å². The van der Waals surface area contributed by atoms with E-state index in [9.17, 15) is 4.79 Å². The molecule has 0 aliphatic carbocycles. The van der Waals surface area contributed by atoms with Crippen LogP contribution in [0.15, 0.2) is 36.4 Å². The lowest BCUT2D eigenvalue weighted by atomic mass is 10.2. The van der Waals surface area contributed by atoms with Gasteiger partial charge in [0.05, 0.1) is 10.7 Å². The maximum absolute atomic E-state index is 12.1. The number of hydrogen-bond acceptors (Lipinski definition) is 4. The van der Waals surface area contributed by atoms with E-state index in [1.807, 2.05) is 24.3 Å². The standard InChI is InChI=1S/C18H18ClNO4/c1-2-12-3-5-13(6-4-12)24-11-18(21)20-15-10-17-16(9-14(15)19)22-7-8-23-17/h3-6,9-10H,2,7-8,11H2,1H3,(H,20,21). The molecule has 1 N–H and O–H groups in total. The van der Waals surface area contributed by atoms with Crippen LogP contribution in [0.25, 0.3) is 0 Å². The minimum atomic E-state index is -0.298. The second-order valence-electron chi connectivity index (χ2n) is 5.31. The molecule has 1 amide bonds. The molecule has 1 heterocycles. The van der Waals surface area contributed by atoms with E-state index in [1.165, 1.54) is 5.56 Å². The monoisotopic (exact) mass is 347 g/mol. The number of fused-ring (bicyclic) bond motifs is 1. The number of nitrogens with one attached hydrogen (secondary N) is 1. The summed E-state index contributed by atoms with van der Waals surface area (Å²) < 4.78 is 16.4. The van der Waals surface area contributed by atoms with E-state index in [-0.39, 0.29) is 12.5 Å². The number of ether oxygens (including phenoxy) is 3. The Hall–Kier alpha value is -2.40. The zero-order chi connectivity index (χ0) is 16.9. The zero-order valence-corrected chi connectivity index (χ0v) is 14.1. The summed E-state index contributed by atoms with van der Waals surface area (Å²) in [7, 11) is 0. The smallest absolute Gasteiger partial charge is 0.262 e. The maximum atomic E-state index is 12.1. The van der Waals surface area contributed by atoms with Crippen molar-refractivity contribution in [2.45, 2.75) is 13.3 Å². The van der Waals surface area contributed by atoms with Crippen LogP contribution < -0.4 is 19.5 Å². The van der Waals surface area contributed by atoms with Crippen LogP contribution in [0.4, 0.5) is 5.69 Å². The third-order valence-electron chi connectivity index (χ3n) is 3.61. The van der Waals surface area contributed by atoms with Gasteiger partial charge in [0.1, 0.15) is 19.0 Å². The molecular weight excluding hydrogens is 330 g/mol.